The molecule has 0 spiro atoms. The number of thiazole rings is 1. The quantitative estimate of drug-likeness (QED) is 0.887. The monoisotopic (exact) mass is 267 g/mol. The van der Waals surface area contributed by atoms with Crippen LogP contribution in [0.2, 0.25) is 0 Å². The molecule has 0 amide bonds. The van der Waals surface area contributed by atoms with Crippen LogP contribution in [-0.4, -0.2) is 23.6 Å². The van der Waals surface area contributed by atoms with Crippen molar-refractivity contribution < 1.29 is 0 Å². The van der Waals surface area contributed by atoms with Gasteiger partial charge in [0.05, 0.1) is 5.69 Å². The lowest BCUT2D eigenvalue weighted by atomic mass is 10.2. The van der Waals surface area contributed by atoms with Crippen LogP contribution in [0.3, 0.4) is 0 Å². The van der Waals surface area contributed by atoms with E-state index in [1.54, 1.807) is 0 Å². The predicted octanol–water partition coefficient (Wildman–Crippen LogP) is 3.33. The summed E-state index contributed by atoms with van der Waals surface area (Å²) in [6, 6.07) is 1.34. The number of nitrogens with one attached hydrogen (secondary N) is 1. The second kappa shape index (κ2) is 6.02. The van der Waals surface area contributed by atoms with Gasteiger partial charge in [0.2, 0.25) is 0 Å². The second-order valence-electron chi connectivity index (χ2n) is 5.18. The molecule has 102 valence electrons. The Labute approximate surface area is 115 Å². The van der Waals surface area contributed by atoms with E-state index in [0.29, 0.717) is 12.1 Å². The fourth-order valence-electron chi connectivity index (χ4n) is 2.74. The number of aromatic nitrogens is 1. The van der Waals surface area contributed by atoms with E-state index >= 15 is 0 Å². The van der Waals surface area contributed by atoms with Gasteiger partial charge in [-0.25, -0.2) is 4.98 Å². The average molecular weight is 267 g/mol. The summed E-state index contributed by atoms with van der Waals surface area (Å²) < 4.78 is 0. The van der Waals surface area contributed by atoms with Crippen LogP contribution in [0.25, 0.3) is 0 Å². The highest BCUT2D eigenvalue weighted by molar-refractivity contribution is 7.15. The molecule has 3 nitrogen and oxygen atoms in total. The molecule has 1 aromatic heterocycles. The molecule has 2 rings (SSSR count). The van der Waals surface area contributed by atoms with Crippen molar-refractivity contribution in [3.8, 4) is 0 Å². The van der Waals surface area contributed by atoms with Gasteiger partial charge in [0.25, 0.3) is 0 Å². The number of hydrogen-bond donors (Lipinski definition) is 1. The molecule has 0 aromatic carbocycles. The molecule has 0 saturated carbocycles. The van der Waals surface area contributed by atoms with Gasteiger partial charge in [0.1, 0.15) is 0 Å². The van der Waals surface area contributed by atoms with Crippen LogP contribution in [0.5, 0.6) is 0 Å². The first-order chi connectivity index (χ1) is 8.67. The summed E-state index contributed by atoms with van der Waals surface area (Å²) in [5, 5.41) is 4.63. The van der Waals surface area contributed by atoms with Crippen molar-refractivity contribution in [2.24, 2.45) is 0 Å². The fourth-order valence-corrected chi connectivity index (χ4v) is 3.95. The Morgan fingerprint density at radius 1 is 1.39 bits per heavy atom. The smallest absolute Gasteiger partial charge is 0.186 e. The van der Waals surface area contributed by atoms with Crippen molar-refractivity contribution in [1.82, 2.24) is 10.3 Å². The highest BCUT2D eigenvalue weighted by Crippen LogP contribution is 2.35. The molecule has 18 heavy (non-hydrogen) atoms. The molecule has 0 bridgehead atoms. The van der Waals surface area contributed by atoms with Gasteiger partial charge in [0.15, 0.2) is 5.13 Å². The minimum Gasteiger partial charge on any atom is -0.342 e. The van der Waals surface area contributed by atoms with Crippen LogP contribution in [-0.2, 0) is 6.54 Å². The molecular weight excluding hydrogens is 242 g/mol. The summed E-state index contributed by atoms with van der Waals surface area (Å²) in [6.45, 7) is 10.9. The Balaban J connectivity index is 2.17. The predicted molar refractivity (Wildman–Crippen MR) is 79.5 cm³/mol. The van der Waals surface area contributed by atoms with Crippen molar-refractivity contribution in [3.05, 3.63) is 10.6 Å². The number of rotatable bonds is 5. The van der Waals surface area contributed by atoms with Gasteiger partial charge in [0, 0.05) is 23.5 Å². The van der Waals surface area contributed by atoms with E-state index in [0.717, 1.165) is 13.1 Å². The first-order valence-corrected chi connectivity index (χ1v) is 7.94. The fraction of sp³-hybridized carbons (Fsp3) is 0.786. The number of hydrogen-bond acceptors (Lipinski definition) is 4. The Morgan fingerprint density at radius 2 is 2.17 bits per heavy atom. The van der Waals surface area contributed by atoms with Crippen LogP contribution in [0.1, 0.15) is 50.6 Å². The van der Waals surface area contributed by atoms with E-state index in [4.69, 9.17) is 4.98 Å². The van der Waals surface area contributed by atoms with Crippen molar-refractivity contribution in [3.63, 3.8) is 0 Å². The number of anilines is 1. The van der Waals surface area contributed by atoms with Crippen molar-refractivity contribution in [2.75, 3.05) is 11.4 Å². The van der Waals surface area contributed by atoms with Gasteiger partial charge in [-0.05, 0) is 39.7 Å². The third-order valence-corrected chi connectivity index (χ3v) is 5.07. The van der Waals surface area contributed by atoms with E-state index in [-0.39, 0.29) is 0 Å². The van der Waals surface area contributed by atoms with Crippen LogP contribution in [0.4, 0.5) is 5.13 Å². The van der Waals surface area contributed by atoms with Gasteiger partial charge < -0.3 is 10.2 Å². The maximum atomic E-state index is 4.80. The van der Waals surface area contributed by atoms with Gasteiger partial charge in [-0.1, -0.05) is 13.8 Å². The Hall–Kier alpha value is -0.610. The molecule has 1 N–H and O–H groups in total. The molecule has 2 atom stereocenters. The van der Waals surface area contributed by atoms with Crippen molar-refractivity contribution in [2.45, 2.75) is 65.6 Å². The van der Waals surface area contributed by atoms with Gasteiger partial charge >= 0.3 is 0 Å². The molecule has 2 heterocycles. The summed E-state index contributed by atoms with van der Waals surface area (Å²) in [6.07, 6.45) is 3.85. The maximum absolute atomic E-state index is 4.80. The SMILES string of the molecule is CCNCc1sc(N2C(C)CCC2CC)nc1C. The molecule has 1 fully saturated rings. The van der Waals surface area contributed by atoms with E-state index in [1.807, 2.05) is 11.3 Å². The molecule has 1 saturated heterocycles. The van der Waals surface area contributed by atoms with Gasteiger partial charge in [-0.2, -0.15) is 0 Å². The van der Waals surface area contributed by atoms with E-state index in [9.17, 15) is 0 Å². The van der Waals surface area contributed by atoms with Gasteiger partial charge in [-0.15, -0.1) is 11.3 Å². The van der Waals surface area contributed by atoms with Crippen molar-refractivity contribution in [1.29, 1.82) is 0 Å². The lowest BCUT2D eigenvalue weighted by Crippen LogP contribution is -2.33. The maximum Gasteiger partial charge on any atom is 0.186 e. The highest BCUT2D eigenvalue weighted by Gasteiger charge is 2.31. The van der Waals surface area contributed by atoms with E-state index < -0.39 is 0 Å². The lowest BCUT2D eigenvalue weighted by Gasteiger charge is -2.27. The molecule has 2 unspecified atom stereocenters. The largest absolute Gasteiger partial charge is 0.342 e. The molecule has 1 aromatic rings. The third-order valence-electron chi connectivity index (χ3n) is 3.89. The molecule has 4 heteroatoms. The van der Waals surface area contributed by atoms with Crippen LogP contribution >= 0.6 is 11.3 Å². The van der Waals surface area contributed by atoms with E-state index in [1.165, 1.54) is 35.0 Å². The zero-order chi connectivity index (χ0) is 13.1. The minimum absolute atomic E-state index is 0.646. The molecule has 1 aliphatic rings. The van der Waals surface area contributed by atoms with Crippen LogP contribution in [0, 0.1) is 6.92 Å². The molecule has 1 aliphatic heterocycles. The summed E-state index contributed by atoms with van der Waals surface area (Å²) >= 11 is 1.87. The number of nitrogens with zero attached hydrogens (tertiary/aromatic N) is 2. The minimum atomic E-state index is 0.646. The lowest BCUT2D eigenvalue weighted by molar-refractivity contribution is 0.626. The Bertz CT molecular complexity index is 388. The molecular formula is C14H25N3S. The second-order valence-corrected chi connectivity index (χ2v) is 6.24. The topological polar surface area (TPSA) is 28.2 Å². The Kier molecular flexibility index (Phi) is 4.62. The van der Waals surface area contributed by atoms with Crippen LogP contribution < -0.4 is 10.2 Å². The summed E-state index contributed by atoms with van der Waals surface area (Å²) in [5.74, 6) is 0. The summed E-state index contributed by atoms with van der Waals surface area (Å²) in [5.41, 5.74) is 1.20. The zero-order valence-corrected chi connectivity index (χ0v) is 12.8. The first kappa shape index (κ1) is 13.8. The number of aryl methyl sites for hydroxylation is 1. The standard InChI is InChI=1S/C14H25N3S/c1-5-12-8-7-10(3)17(12)14-16-11(4)13(18-14)9-15-6-2/h10,12,15H,5-9H2,1-4H3. The first-order valence-electron chi connectivity index (χ1n) is 7.12. The van der Waals surface area contributed by atoms with E-state index in [2.05, 4.69) is 37.9 Å². The molecule has 0 radical (unpaired) electrons. The summed E-state index contributed by atoms with van der Waals surface area (Å²) in [7, 11) is 0. The zero-order valence-electron chi connectivity index (χ0n) is 12.0. The van der Waals surface area contributed by atoms with Gasteiger partial charge in [-0.3, -0.25) is 0 Å². The van der Waals surface area contributed by atoms with Crippen molar-refractivity contribution >= 4 is 16.5 Å². The Morgan fingerprint density at radius 3 is 2.83 bits per heavy atom. The highest BCUT2D eigenvalue weighted by atomic mass is 32.1. The van der Waals surface area contributed by atoms with Crippen LogP contribution in [0.15, 0.2) is 0 Å². The normalized spacial score (nSPS) is 23.9. The summed E-state index contributed by atoms with van der Waals surface area (Å²) in [4.78, 5) is 8.74. The molecule has 0 aliphatic carbocycles. The third kappa shape index (κ3) is 2.69. The average Bonchev–Trinajstić information content (AvgIpc) is 2.89.